The molecule has 2 fully saturated rings. The maximum absolute atomic E-state index is 13.6. The van der Waals surface area contributed by atoms with Gasteiger partial charge in [-0.25, -0.2) is 9.97 Å². The van der Waals surface area contributed by atoms with Crippen molar-refractivity contribution in [3.8, 4) is 6.07 Å². The highest BCUT2D eigenvalue weighted by molar-refractivity contribution is 5.89. The molecule has 2 aliphatic heterocycles. The third-order valence-electron chi connectivity index (χ3n) is 5.90. The monoisotopic (exact) mass is 377 g/mol. The van der Waals surface area contributed by atoms with Gasteiger partial charge in [0, 0.05) is 45.7 Å². The first-order valence-corrected chi connectivity index (χ1v) is 9.52. The molecule has 3 heterocycles. The van der Waals surface area contributed by atoms with Gasteiger partial charge >= 0.3 is 0 Å². The number of ether oxygens (including phenoxy) is 1. The van der Waals surface area contributed by atoms with Crippen LogP contribution >= 0.6 is 0 Å². The predicted octanol–water partition coefficient (Wildman–Crippen LogP) is 1.74. The van der Waals surface area contributed by atoms with Crippen molar-refractivity contribution >= 4 is 11.7 Å². The van der Waals surface area contributed by atoms with Crippen LogP contribution in [0.2, 0.25) is 0 Å². The van der Waals surface area contributed by atoms with Gasteiger partial charge in [-0.2, -0.15) is 5.26 Å². The second kappa shape index (κ2) is 7.56. The van der Waals surface area contributed by atoms with Gasteiger partial charge in [-0.05, 0) is 18.4 Å². The summed E-state index contributed by atoms with van der Waals surface area (Å²) in [6.45, 7) is 2.49. The second-order valence-corrected chi connectivity index (χ2v) is 7.38. The second-order valence-electron chi connectivity index (χ2n) is 7.38. The molecule has 0 aliphatic carbocycles. The van der Waals surface area contributed by atoms with Gasteiger partial charge in [-0.1, -0.05) is 30.3 Å². The molecule has 2 aromatic rings. The number of hydrogen-bond acceptors (Lipinski definition) is 6. The summed E-state index contributed by atoms with van der Waals surface area (Å²) in [6.07, 6.45) is 4.49. The van der Waals surface area contributed by atoms with Gasteiger partial charge in [0.15, 0.2) is 11.5 Å². The minimum Gasteiger partial charge on any atom is -0.381 e. The summed E-state index contributed by atoms with van der Waals surface area (Å²) >= 11 is 0. The molecule has 0 spiro atoms. The molecule has 0 saturated carbocycles. The molecule has 0 bridgehead atoms. The van der Waals surface area contributed by atoms with Crippen molar-refractivity contribution in [2.45, 2.75) is 24.3 Å². The molecule has 1 aromatic heterocycles. The fourth-order valence-corrected chi connectivity index (χ4v) is 4.12. The third-order valence-corrected chi connectivity index (χ3v) is 5.90. The van der Waals surface area contributed by atoms with Gasteiger partial charge in [-0.15, -0.1) is 0 Å². The molecule has 1 aromatic carbocycles. The van der Waals surface area contributed by atoms with Crippen molar-refractivity contribution in [1.82, 2.24) is 14.9 Å². The van der Waals surface area contributed by atoms with Crippen LogP contribution in [0, 0.1) is 11.3 Å². The molecule has 4 rings (SSSR count). The quantitative estimate of drug-likeness (QED) is 0.807. The minimum atomic E-state index is -0.529. The summed E-state index contributed by atoms with van der Waals surface area (Å²) in [6, 6.07) is 12.2. The van der Waals surface area contributed by atoms with E-state index in [0.29, 0.717) is 50.7 Å². The number of rotatable bonds is 4. The van der Waals surface area contributed by atoms with Gasteiger partial charge in [-0.3, -0.25) is 4.79 Å². The number of nitrogens with zero attached hydrogens (tertiary/aromatic N) is 5. The van der Waals surface area contributed by atoms with Gasteiger partial charge in [0.25, 0.3) is 0 Å². The van der Waals surface area contributed by atoms with Crippen LogP contribution < -0.4 is 4.90 Å². The third kappa shape index (κ3) is 3.10. The van der Waals surface area contributed by atoms with Crippen molar-refractivity contribution < 1.29 is 9.53 Å². The highest BCUT2D eigenvalue weighted by atomic mass is 16.5. The summed E-state index contributed by atoms with van der Waals surface area (Å²) < 4.78 is 5.55. The zero-order valence-electron chi connectivity index (χ0n) is 15.9. The molecule has 0 atom stereocenters. The van der Waals surface area contributed by atoms with Gasteiger partial charge in [0.1, 0.15) is 6.07 Å². The minimum absolute atomic E-state index is 0.0875. The van der Waals surface area contributed by atoms with Crippen molar-refractivity contribution in [2.24, 2.45) is 0 Å². The van der Waals surface area contributed by atoms with Crippen molar-refractivity contribution in [2.75, 3.05) is 38.3 Å². The van der Waals surface area contributed by atoms with E-state index in [1.54, 1.807) is 6.20 Å². The Balaban J connectivity index is 1.51. The number of amides is 1. The number of likely N-dealkylation sites (N-methyl/N-ethyl adjacent to an activating group) is 1. The Morgan fingerprint density at radius 3 is 2.57 bits per heavy atom. The number of nitriles is 1. The largest absolute Gasteiger partial charge is 0.381 e. The smallest absolute Gasteiger partial charge is 0.233 e. The van der Waals surface area contributed by atoms with Crippen molar-refractivity contribution in [3.63, 3.8) is 0 Å². The fraction of sp³-hybridized carbons (Fsp3) is 0.429. The maximum Gasteiger partial charge on any atom is 0.233 e. The number of aromatic nitrogens is 2. The maximum atomic E-state index is 13.6. The van der Waals surface area contributed by atoms with Crippen LogP contribution in [0.5, 0.6) is 0 Å². The van der Waals surface area contributed by atoms with E-state index in [1.165, 1.54) is 6.20 Å². The first kappa shape index (κ1) is 18.4. The topological polar surface area (TPSA) is 82.3 Å². The molecule has 0 N–H and O–H groups in total. The molecule has 0 unspecified atom stereocenters. The lowest BCUT2D eigenvalue weighted by Crippen LogP contribution is -2.63. The van der Waals surface area contributed by atoms with Crippen LogP contribution in [-0.4, -0.2) is 60.2 Å². The Bertz CT molecular complexity index is 883. The molecule has 0 radical (unpaired) electrons. The standard InChI is InChI=1S/C21H23N5O2/c1-25(17-14-26(15-17)19-18(13-22)23-9-10-24-19)20(27)21(7-11-28-12-8-21)16-5-3-2-4-6-16/h2-6,9-10,17H,7-8,11-12,14-15H2,1H3. The van der Waals surface area contributed by atoms with Crippen molar-refractivity contribution in [1.29, 1.82) is 5.26 Å². The molecule has 2 aliphatic rings. The Hall–Kier alpha value is -2.98. The van der Waals surface area contributed by atoms with E-state index in [2.05, 4.69) is 16.0 Å². The zero-order chi connectivity index (χ0) is 19.6. The van der Waals surface area contributed by atoms with Gasteiger partial charge in [0.05, 0.1) is 11.5 Å². The molecule has 144 valence electrons. The van der Waals surface area contributed by atoms with Crippen LogP contribution in [-0.2, 0) is 14.9 Å². The highest BCUT2D eigenvalue weighted by Gasteiger charge is 2.46. The Morgan fingerprint density at radius 1 is 1.21 bits per heavy atom. The van der Waals surface area contributed by atoms with Crippen LogP contribution in [0.3, 0.4) is 0 Å². The summed E-state index contributed by atoms with van der Waals surface area (Å²) in [5.41, 5.74) is 0.853. The number of hydrogen-bond donors (Lipinski definition) is 0. The number of anilines is 1. The van der Waals surface area contributed by atoms with E-state index in [4.69, 9.17) is 4.74 Å². The Morgan fingerprint density at radius 2 is 1.89 bits per heavy atom. The van der Waals surface area contributed by atoms with Crippen LogP contribution in [0.4, 0.5) is 5.82 Å². The highest BCUT2D eigenvalue weighted by Crippen LogP contribution is 2.37. The summed E-state index contributed by atoms with van der Waals surface area (Å²) in [4.78, 5) is 25.8. The number of benzene rings is 1. The van der Waals surface area contributed by atoms with E-state index in [0.717, 1.165) is 5.56 Å². The summed E-state index contributed by atoms with van der Waals surface area (Å²) in [5, 5.41) is 9.22. The van der Waals surface area contributed by atoms with E-state index in [9.17, 15) is 10.1 Å². The lowest BCUT2D eigenvalue weighted by atomic mass is 9.72. The summed E-state index contributed by atoms with van der Waals surface area (Å²) in [5.74, 6) is 0.734. The van der Waals surface area contributed by atoms with E-state index in [-0.39, 0.29) is 11.9 Å². The van der Waals surface area contributed by atoms with Crippen LogP contribution in [0.25, 0.3) is 0 Å². The Labute approximate surface area is 164 Å². The SMILES string of the molecule is CN(C(=O)C1(c2ccccc2)CCOCC1)C1CN(c2nccnc2C#N)C1. The van der Waals surface area contributed by atoms with E-state index in [1.807, 2.05) is 47.2 Å². The predicted molar refractivity (Wildman–Crippen MR) is 104 cm³/mol. The van der Waals surface area contributed by atoms with Gasteiger partial charge in [0.2, 0.25) is 5.91 Å². The van der Waals surface area contributed by atoms with Crippen molar-refractivity contribution in [3.05, 3.63) is 54.0 Å². The van der Waals surface area contributed by atoms with Gasteiger partial charge < -0.3 is 14.5 Å². The molecule has 1 amide bonds. The lowest BCUT2D eigenvalue weighted by Gasteiger charge is -2.48. The number of carbonyl (C=O) groups excluding carboxylic acids is 1. The molecular formula is C21H23N5O2. The number of carbonyl (C=O) groups is 1. The van der Waals surface area contributed by atoms with E-state index >= 15 is 0 Å². The molecule has 2 saturated heterocycles. The van der Waals surface area contributed by atoms with Crippen LogP contribution in [0.15, 0.2) is 42.7 Å². The first-order valence-electron chi connectivity index (χ1n) is 9.52. The molecular weight excluding hydrogens is 354 g/mol. The first-order chi connectivity index (χ1) is 13.7. The average molecular weight is 377 g/mol. The molecule has 7 nitrogen and oxygen atoms in total. The fourth-order valence-electron chi connectivity index (χ4n) is 4.12. The lowest BCUT2D eigenvalue weighted by molar-refractivity contribution is -0.142. The summed E-state index contributed by atoms with van der Waals surface area (Å²) in [7, 11) is 1.88. The van der Waals surface area contributed by atoms with E-state index < -0.39 is 5.41 Å². The van der Waals surface area contributed by atoms with Crippen LogP contribution in [0.1, 0.15) is 24.1 Å². The zero-order valence-corrected chi connectivity index (χ0v) is 15.9. The molecule has 7 heteroatoms. The normalized spacial score (nSPS) is 18.8. The average Bonchev–Trinajstić information content (AvgIpc) is 2.73. The Kier molecular flexibility index (Phi) is 4.97. The molecule has 28 heavy (non-hydrogen) atoms.